The number of hydrogen-bond donors (Lipinski definition) is 1. The summed E-state index contributed by atoms with van der Waals surface area (Å²) in [4.78, 5) is 13.3. The second-order valence-electron chi connectivity index (χ2n) is 6.08. The van der Waals surface area contributed by atoms with Crippen LogP contribution in [0.15, 0.2) is 48.5 Å². The van der Waals surface area contributed by atoms with Gasteiger partial charge in [0.15, 0.2) is 0 Å². The molecule has 1 saturated heterocycles. The number of benzene rings is 2. The van der Waals surface area contributed by atoms with E-state index in [4.69, 9.17) is 14.2 Å². The molecule has 0 unspecified atom stereocenters. The average molecular weight is 341 g/mol. The monoisotopic (exact) mass is 341 g/mol. The van der Waals surface area contributed by atoms with Crippen LogP contribution in [0.1, 0.15) is 18.4 Å². The van der Waals surface area contributed by atoms with Crippen LogP contribution in [0.2, 0.25) is 0 Å². The Balaban J connectivity index is 1.92. The summed E-state index contributed by atoms with van der Waals surface area (Å²) in [5.41, 5.74) is 1.06. The van der Waals surface area contributed by atoms with Gasteiger partial charge in [0, 0.05) is 19.3 Å². The number of rotatable bonds is 5. The van der Waals surface area contributed by atoms with Crippen molar-refractivity contribution >= 4 is 11.6 Å². The Morgan fingerprint density at radius 2 is 1.76 bits per heavy atom. The molecule has 0 aromatic heterocycles. The highest BCUT2D eigenvalue weighted by molar-refractivity contribution is 6.00. The van der Waals surface area contributed by atoms with Gasteiger partial charge in [0.05, 0.1) is 25.3 Å². The maximum atomic E-state index is 13.3. The van der Waals surface area contributed by atoms with E-state index in [1.54, 1.807) is 32.4 Å². The van der Waals surface area contributed by atoms with Crippen molar-refractivity contribution in [1.29, 1.82) is 0 Å². The minimum atomic E-state index is -0.593. The summed E-state index contributed by atoms with van der Waals surface area (Å²) in [6.07, 6.45) is 1.31. The van der Waals surface area contributed by atoms with E-state index in [0.717, 1.165) is 5.56 Å². The van der Waals surface area contributed by atoms with Gasteiger partial charge in [-0.2, -0.15) is 0 Å². The maximum Gasteiger partial charge on any atom is 0.235 e. The topological polar surface area (TPSA) is 56.8 Å². The molecule has 0 atom stereocenters. The highest BCUT2D eigenvalue weighted by Gasteiger charge is 2.41. The van der Waals surface area contributed by atoms with E-state index in [-0.39, 0.29) is 5.91 Å². The third-order valence-electron chi connectivity index (χ3n) is 4.76. The first-order valence-corrected chi connectivity index (χ1v) is 8.36. The first kappa shape index (κ1) is 17.3. The summed E-state index contributed by atoms with van der Waals surface area (Å²) in [5, 5.41) is 3.05. The highest BCUT2D eigenvalue weighted by atomic mass is 16.5. The van der Waals surface area contributed by atoms with Crippen LogP contribution in [0.25, 0.3) is 0 Å². The van der Waals surface area contributed by atoms with E-state index in [0.29, 0.717) is 43.2 Å². The molecule has 5 nitrogen and oxygen atoms in total. The van der Waals surface area contributed by atoms with Crippen molar-refractivity contribution in [3.63, 3.8) is 0 Å². The lowest BCUT2D eigenvalue weighted by Crippen LogP contribution is -2.44. The minimum Gasteiger partial charge on any atom is -0.497 e. The van der Waals surface area contributed by atoms with Crippen LogP contribution < -0.4 is 14.8 Å². The maximum absolute atomic E-state index is 13.3. The molecule has 5 heteroatoms. The van der Waals surface area contributed by atoms with Crippen LogP contribution in [0, 0.1) is 0 Å². The Morgan fingerprint density at radius 1 is 1.04 bits per heavy atom. The molecule has 0 aliphatic carbocycles. The average Bonchev–Trinajstić information content (AvgIpc) is 2.69. The second kappa shape index (κ2) is 7.57. The Morgan fingerprint density at radius 3 is 2.40 bits per heavy atom. The minimum absolute atomic E-state index is 0.0366. The van der Waals surface area contributed by atoms with Gasteiger partial charge in [-0.15, -0.1) is 0 Å². The fourth-order valence-corrected chi connectivity index (χ4v) is 3.27. The summed E-state index contributed by atoms with van der Waals surface area (Å²) in [6.45, 7) is 1.14. The third kappa shape index (κ3) is 3.46. The van der Waals surface area contributed by atoms with Crippen LogP contribution in [0.3, 0.4) is 0 Å². The van der Waals surface area contributed by atoms with Gasteiger partial charge >= 0.3 is 0 Å². The zero-order valence-corrected chi connectivity index (χ0v) is 14.6. The van der Waals surface area contributed by atoms with E-state index in [1.807, 2.05) is 30.3 Å². The molecule has 1 heterocycles. The number of hydrogen-bond acceptors (Lipinski definition) is 4. The van der Waals surface area contributed by atoms with Gasteiger partial charge in [0.25, 0.3) is 0 Å². The molecule has 132 valence electrons. The van der Waals surface area contributed by atoms with Crippen molar-refractivity contribution in [1.82, 2.24) is 0 Å². The lowest BCUT2D eigenvalue weighted by molar-refractivity contribution is -0.125. The Bertz CT molecular complexity index is 724. The van der Waals surface area contributed by atoms with Gasteiger partial charge in [0.1, 0.15) is 11.5 Å². The van der Waals surface area contributed by atoms with E-state index in [1.165, 1.54) is 0 Å². The number of carbonyl (C=O) groups is 1. The normalized spacial score (nSPS) is 16.1. The summed E-state index contributed by atoms with van der Waals surface area (Å²) >= 11 is 0. The van der Waals surface area contributed by atoms with Crippen molar-refractivity contribution in [2.75, 3.05) is 32.8 Å². The molecule has 1 N–H and O–H groups in total. The van der Waals surface area contributed by atoms with E-state index in [2.05, 4.69) is 5.32 Å². The Kier molecular flexibility index (Phi) is 5.24. The second-order valence-corrected chi connectivity index (χ2v) is 6.08. The molecule has 1 fully saturated rings. The lowest BCUT2D eigenvalue weighted by Gasteiger charge is -2.36. The molecule has 1 aliphatic rings. The number of methoxy groups -OCH3 is 2. The van der Waals surface area contributed by atoms with Gasteiger partial charge < -0.3 is 19.5 Å². The molecule has 1 amide bonds. The fourth-order valence-electron chi connectivity index (χ4n) is 3.27. The molecule has 0 bridgehead atoms. The Hall–Kier alpha value is -2.53. The molecular formula is C20H23NO4. The predicted octanol–water partition coefficient (Wildman–Crippen LogP) is 3.39. The van der Waals surface area contributed by atoms with Crippen molar-refractivity contribution < 1.29 is 19.0 Å². The van der Waals surface area contributed by atoms with Crippen LogP contribution in [-0.2, 0) is 14.9 Å². The van der Waals surface area contributed by atoms with Gasteiger partial charge in [-0.05, 0) is 30.5 Å². The van der Waals surface area contributed by atoms with E-state index in [9.17, 15) is 4.79 Å². The standard InChI is InChI=1S/C20H23NO4/c1-23-16-8-9-17(18(14-16)24-2)21-19(22)20(10-12-25-13-11-20)15-6-4-3-5-7-15/h3-9,14H,10-13H2,1-2H3,(H,21,22). The molecule has 3 rings (SSSR count). The number of nitrogens with one attached hydrogen (secondary N) is 1. The number of anilines is 1. The predicted molar refractivity (Wildman–Crippen MR) is 96.3 cm³/mol. The number of carbonyl (C=O) groups excluding carboxylic acids is 1. The zero-order chi connectivity index (χ0) is 17.7. The van der Waals surface area contributed by atoms with Gasteiger partial charge in [-0.3, -0.25) is 4.79 Å². The molecular weight excluding hydrogens is 318 g/mol. The van der Waals surface area contributed by atoms with Crippen molar-refractivity contribution in [2.24, 2.45) is 0 Å². The summed E-state index contributed by atoms with van der Waals surface area (Å²) < 4.78 is 16.1. The van der Waals surface area contributed by atoms with E-state index < -0.39 is 5.41 Å². The first-order chi connectivity index (χ1) is 12.2. The SMILES string of the molecule is COc1ccc(NC(=O)C2(c3ccccc3)CCOCC2)c(OC)c1. The zero-order valence-electron chi connectivity index (χ0n) is 14.6. The van der Waals surface area contributed by atoms with Crippen LogP contribution in [0.4, 0.5) is 5.69 Å². The van der Waals surface area contributed by atoms with Crippen LogP contribution in [0.5, 0.6) is 11.5 Å². The van der Waals surface area contributed by atoms with Crippen molar-refractivity contribution in [3.8, 4) is 11.5 Å². The lowest BCUT2D eigenvalue weighted by atomic mass is 9.73. The third-order valence-corrected chi connectivity index (χ3v) is 4.76. The van der Waals surface area contributed by atoms with Crippen molar-refractivity contribution in [3.05, 3.63) is 54.1 Å². The van der Waals surface area contributed by atoms with Gasteiger partial charge in [-0.1, -0.05) is 30.3 Å². The molecule has 2 aromatic carbocycles. The molecule has 2 aromatic rings. The summed E-state index contributed by atoms with van der Waals surface area (Å²) in [5.74, 6) is 1.21. The van der Waals surface area contributed by atoms with Crippen LogP contribution >= 0.6 is 0 Å². The molecule has 1 aliphatic heterocycles. The summed E-state index contributed by atoms with van der Waals surface area (Å²) in [6, 6.07) is 15.3. The van der Waals surface area contributed by atoms with Gasteiger partial charge in [-0.25, -0.2) is 0 Å². The largest absolute Gasteiger partial charge is 0.497 e. The highest BCUT2D eigenvalue weighted by Crippen LogP contribution is 2.37. The number of ether oxygens (including phenoxy) is 3. The summed E-state index contributed by atoms with van der Waals surface area (Å²) in [7, 11) is 3.17. The molecule has 0 spiro atoms. The Labute approximate surface area is 147 Å². The van der Waals surface area contributed by atoms with E-state index >= 15 is 0 Å². The first-order valence-electron chi connectivity index (χ1n) is 8.36. The fraction of sp³-hybridized carbons (Fsp3) is 0.350. The molecule has 25 heavy (non-hydrogen) atoms. The van der Waals surface area contributed by atoms with Crippen LogP contribution in [-0.4, -0.2) is 33.3 Å². The van der Waals surface area contributed by atoms with Gasteiger partial charge in [0.2, 0.25) is 5.91 Å². The molecule has 0 radical (unpaired) electrons. The molecule has 0 saturated carbocycles. The smallest absolute Gasteiger partial charge is 0.235 e. The van der Waals surface area contributed by atoms with Crippen molar-refractivity contribution in [2.45, 2.75) is 18.3 Å². The number of amides is 1. The quantitative estimate of drug-likeness (QED) is 0.906.